The summed E-state index contributed by atoms with van der Waals surface area (Å²) in [7, 11) is 0. The fraction of sp³-hybridized carbons (Fsp3) is 0.208. The van der Waals surface area contributed by atoms with Crippen molar-refractivity contribution in [1.29, 1.82) is 0 Å². The first kappa shape index (κ1) is 22.6. The summed E-state index contributed by atoms with van der Waals surface area (Å²) in [6, 6.07) is 13.6. The molecule has 1 N–H and O–H groups in total. The molecule has 3 aromatic rings. The van der Waals surface area contributed by atoms with Gasteiger partial charge in [0.1, 0.15) is 5.82 Å². The van der Waals surface area contributed by atoms with Gasteiger partial charge in [0, 0.05) is 43.3 Å². The highest BCUT2D eigenvalue weighted by atomic mass is 35.5. The van der Waals surface area contributed by atoms with E-state index in [2.05, 4.69) is 15.2 Å². The summed E-state index contributed by atoms with van der Waals surface area (Å²) >= 11 is 0. The van der Waals surface area contributed by atoms with Crippen molar-refractivity contribution in [3.63, 3.8) is 0 Å². The van der Waals surface area contributed by atoms with Gasteiger partial charge in [-0.25, -0.2) is 4.39 Å². The second-order valence-corrected chi connectivity index (χ2v) is 7.54. The zero-order valence-electron chi connectivity index (χ0n) is 17.1. The van der Waals surface area contributed by atoms with Crippen LogP contribution in [0.3, 0.4) is 0 Å². The summed E-state index contributed by atoms with van der Waals surface area (Å²) in [4.78, 5) is 30.4. The maximum absolute atomic E-state index is 13.5. The SMILES string of the molecule is CC(=O)c1ccc(NC(=O)c2cncc(CN3CCc4ccc(F)cc4C3)c2)cc1.Cl. The van der Waals surface area contributed by atoms with E-state index in [4.69, 9.17) is 0 Å². The van der Waals surface area contributed by atoms with E-state index in [1.165, 1.54) is 24.8 Å². The van der Waals surface area contributed by atoms with Crippen molar-refractivity contribution < 1.29 is 14.0 Å². The molecular formula is C24H23ClFN3O2. The zero-order valence-corrected chi connectivity index (χ0v) is 17.9. The second kappa shape index (κ2) is 9.81. The number of rotatable bonds is 5. The lowest BCUT2D eigenvalue weighted by Gasteiger charge is -2.28. The highest BCUT2D eigenvalue weighted by Gasteiger charge is 2.17. The number of hydrogen-bond donors (Lipinski definition) is 1. The van der Waals surface area contributed by atoms with E-state index in [0.717, 1.165) is 24.1 Å². The Kier molecular flexibility index (Phi) is 7.15. The average Bonchev–Trinajstić information content (AvgIpc) is 2.74. The fourth-order valence-corrected chi connectivity index (χ4v) is 3.67. The number of ketones is 1. The van der Waals surface area contributed by atoms with Crippen LogP contribution in [-0.4, -0.2) is 28.1 Å². The molecule has 1 aliphatic heterocycles. The standard InChI is InChI=1S/C24H22FN3O2.ClH/c1-16(29)18-3-6-23(7-4-18)27-24(30)20-10-17(12-26-13-20)14-28-9-8-19-2-5-22(25)11-21(19)15-28;/h2-7,10-13H,8-9,14-15H2,1H3,(H,27,30);1H. The average molecular weight is 440 g/mol. The van der Waals surface area contributed by atoms with Gasteiger partial charge in [0.15, 0.2) is 5.78 Å². The first-order chi connectivity index (χ1) is 14.5. The summed E-state index contributed by atoms with van der Waals surface area (Å²) in [5.74, 6) is -0.494. The van der Waals surface area contributed by atoms with Crippen LogP contribution in [0.1, 0.15) is 44.3 Å². The molecule has 160 valence electrons. The van der Waals surface area contributed by atoms with Crippen LogP contribution in [0.5, 0.6) is 0 Å². The lowest BCUT2D eigenvalue weighted by Crippen LogP contribution is -2.30. The normalized spacial score (nSPS) is 13.1. The van der Waals surface area contributed by atoms with Gasteiger partial charge in [-0.15, -0.1) is 12.4 Å². The minimum atomic E-state index is -0.258. The monoisotopic (exact) mass is 439 g/mol. The minimum Gasteiger partial charge on any atom is -0.322 e. The number of anilines is 1. The highest BCUT2D eigenvalue weighted by molar-refractivity contribution is 6.04. The van der Waals surface area contributed by atoms with E-state index in [1.807, 2.05) is 12.1 Å². The third-order valence-electron chi connectivity index (χ3n) is 5.27. The van der Waals surface area contributed by atoms with E-state index >= 15 is 0 Å². The molecule has 0 saturated carbocycles. The summed E-state index contributed by atoms with van der Waals surface area (Å²) in [6.45, 7) is 3.68. The van der Waals surface area contributed by atoms with Crippen LogP contribution in [0.15, 0.2) is 60.9 Å². The quantitative estimate of drug-likeness (QED) is 0.587. The summed E-state index contributed by atoms with van der Waals surface area (Å²) < 4.78 is 13.5. The molecule has 0 aliphatic carbocycles. The Balaban J connectivity index is 0.00000272. The molecular weight excluding hydrogens is 417 g/mol. The van der Waals surface area contributed by atoms with Crippen LogP contribution in [0.2, 0.25) is 0 Å². The molecule has 0 saturated heterocycles. The number of carbonyl (C=O) groups excluding carboxylic acids is 2. The van der Waals surface area contributed by atoms with Crippen LogP contribution in [0.25, 0.3) is 0 Å². The number of amides is 1. The Morgan fingerprint density at radius 1 is 1.03 bits per heavy atom. The first-order valence-electron chi connectivity index (χ1n) is 9.84. The van der Waals surface area contributed by atoms with Crippen LogP contribution in [-0.2, 0) is 19.5 Å². The molecule has 0 fully saturated rings. The van der Waals surface area contributed by atoms with Gasteiger partial charge in [0.2, 0.25) is 0 Å². The summed E-state index contributed by atoms with van der Waals surface area (Å²) in [6.07, 6.45) is 4.16. The highest BCUT2D eigenvalue weighted by Crippen LogP contribution is 2.22. The van der Waals surface area contributed by atoms with Crippen molar-refractivity contribution in [2.45, 2.75) is 26.4 Å². The third kappa shape index (κ3) is 5.54. The van der Waals surface area contributed by atoms with Gasteiger partial charge < -0.3 is 5.32 Å². The van der Waals surface area contributed by atoms with Crippen LogP contribution in [0.4, 0.5) is 10.1 Å². The Bertz CT molecular complexity index is 1100. The summed E-state index contributed by atoms with van der Waals surface area (Å²) in [5, 5.41) is 2.83. The molecule has 1 amide bonds. The maximum Gasteiger partial charge on any atom is 0.257 e. The fourth-order valence-electron chi connectivity index (χ4n) is 3.67. The minimum absolute atomic E-state index is 0. The van der Waals surface area contributed by atoms with E-state index in [-0.39, 0.29) is 29.9 Å². The number of nitrogens with one attached hydrogen (secondary N) is 1. The number of halogens is 2. The molecule has 2 aromatic carbocycles. The lowest BCUT2D eigenvalue weighted by molar-refractivity contribution is 0.101. The number of benzene rings is 2. The second-order valence-electron chi connectivity index (χ2n) is 7.54. The smallest absolute Gasteiger partial charge is 0.257 e. The maximum atomic E-state index is 13.5. The number of Topliss-reactive ketones (excluding diaryl/α,β-unsaturated/α-hetero) is 1. The van der Waals surface area contributed by atoms with E-state index in [9.17, 15) is 14.0 Å². The van der Waals surface area contributed by atoms with Gasteiger partial charge in [-0.3, -0.25) is 19.5 Å². The number of fused-ring (bicyclic) bond motifs is 1. The molecule has 5 nitrogen and oxygen atoms in total. The Morgan fingerprint density at radius 2 is 1.81 bits per heavy atom. The van der Waals surface area contributed by atoms with Crippen LogP contribution < -0.4 is 5.32 Å². The molecule has 0 bridgehead atoms. The Morgan fingerprint density at radius 3 is 2.55 bits per heavy atom. The van der Waals surface area contributed by atoms with Crippen molar-refractivity contribution in [2.24, 2.45) is 0 Å². The lowest BCUT2D eigenvalue weighted by atomic mass is 9.99. The molecule has 1 aliphatic rings. The van der Waals surface area contributed by atoms with E-state index in [1.54, 1.807) is 36.5 Å². The van der Waals surface area contributed by atoms with E-state index in [0.29, 0.717) is 29.9 Å². The van der Waals surface area contributed by atoms with Crippen molar-refractivity contribution in [2.75, 3.05) is 11.9 Å². The molecule has 0 radical (unpaired) electrons. The van der Waals surface area contributed by atoms with Crippen LogP contribution in [0, 0.1) is 5.82 Å². The van der Waals surface area contributed by atoms with Gasteiger partial charge in [-0.2, -0.15) is 0 Å². The van der Waals surface area contributed by atoms with Crippen LogP contribution >= 0.6 is 12.4 Å². The first-order valence-corrected chi connectivity index (χ1v) is 9.84. The number of aromatic nitrogens is 1. The van der Waals surface area contributed by atoms with Crippen molar-refractivity contribution in [3.05, 3.63) is 94.6 Å². The predicted octanol–water partition coefficient (Wildman–Crippen LogP) is 4.66. The zero-order chi connectivity index (χ0) is 21.1. The van der Waals surface area contributed by atoms with Crippen molar-refractivity contribution in [1.82, 2.24) is 9.88 Å². The molecule has 0 unspecified atom stereocenters. The molecule has 0 spiro atoms. The van der Waals surface area contributed by atoms with Gasteiger partial charge in [0.25, 0.3) is 5.91 Å². The third-order valence-corrected chi connectivity index (χ3v) is 5.27. The molecule has 4 rings (SSSR count). The Labute approximate surface area is 186 Å². The van der Waals surface area contributed by atoms with Gasteiger partial charge in [-0.1, -0.05) is 6.07 Å². The van der Waals surface area contributed by atoms with E-state index < -0.39 is 0 Å². The molecule has 7 heteroatoms. The summed E-state index contributed by atoms with van der Waals surface area (Å²) in [5.41, 5.74) is 4.80. The van der Waals surface area contributed by atoms with Crippen molar-refractivity contribution >= 4 is 29.8 Å². The molecule has 0 atom stereocenters. The number of nitrogens with zero attached hydrogens (tertiary/aromatic N) is 2. The molecule has 1 aromatic heterocycles. The molecule has 2 heterocycles. The topological polar surface area (TPSA) is 62.3 Å². The largest absolute Gasteiger partial charge is 0.322 e. The molecule has 31 heavy (non-hydrogen) atoms. The van der Waals surface area contributed by atoms with Gasteiger partial charge in [-0.05, 0) is 72.5 Å². The van der Waals surface area contributed by atoms with Gasteiger partial charge >= 0.3 is 0 Å². The number of carbonyl (C=O) groups is 2. The predicted molar refractivity (Wildman–Crippen MR) is 120 cm³/mol. The Hall–Kier alpha value is -3.09. The number of pyridine rings is 1. The number of hydrogen-bond acceptors (Lipinski definition) is 4. The van der Waals surface area contributed by atoms with Gasteiger partial charge in [0.05, 0.1) is 5.56 Å². The van der Waals surface area contributed by atoms with Crippen molar-refractivity contribution in [3.8, 4) is 0 Å².